The highest BCUT2D eigenvalue weighted by atomic mass is 35.5. The van der Waals surface area contributed by atoms with Gasteiger partial charge in [0.2, 0.25) is 5.95 Å². The van der Waals surface area contributed by atoms with Gasteiger partial charge in [-0.3, -0.25) is 4.90 Å². The van der Waals surface area contributed by atoms with Crippen molar-refractivity contribution in [2.24, 2.45) is 0 Å². The summed E-state index contributed by atoms with van der Waals surface area (Å²) in [6, 6.07) is 6.29. The van der Waals surface area contributed by atoms with Gasteiger partial charge in [-0.1, -0.05) is 17.7 Å². The average Bonchev–Trinajstić information content (AvgIpc) is 3.05. The van der Waals surface area contributed by atoms with E-state index >= 15 is 0 Å². The van der Waals surface area contributed by atoms with Crippen LogP contribution in [0.1, 0.15) is 12.0 Å². The van der Waals surface area contributed by atoms with Crippen molar-refractivity contribution in [3.8, 4) is 0 Å². The Kier molecular flexibility index (Phi) is 5.16. The van der Waals surface area contributed by atoms with E-state index in [1.54, 1.807) is 6.20 Å². The zero-order valence-corrected chi connectivity index (χ0v) is 15.1. The molecule has 1 fully saturated rings. The van der Waals surface area contributed by atoms with Gasteiger partial charge in [0.05, 0.1) is 0 Å². The van der Waals surface area contributed by atoms with Crippen LogP contribution in [0.25, 0.3) is 0 Å². The first kappa shape index (κ1) is 16.9. The van der Waals surface area contributed by atoms with Crippen molar-refractivity contribution in [2.75, 3.05) is 44.0 Å². The van der Waals surface area contributed by atoms with Crippen molar-refractivity contribution in [3.63, 3.8) is 0 Å². The quantitative estimate of drug-likeness (QED) is 0.774. The number of pyridine rings is 1. The van der Waals surface area contributed by atoms with Crippen LogP contribution in [0.4, 0.5) is 11.8 Å². The van der Waals surface area contributed by atoms with E-state index < -0.39 is 0 Å². The summed E-state index contributed by atoms with van der Waals surface area (Å²) in [5.74, 6) is 1.69. The van der Waals surface area contributed by atoms with E-state index in [4.69, 9.17) is 11.6 Å². The molecule has 3 rings (SSSR count). The smallest absolute Gasteiger partial charge is 0.227 e. The van der Waals surface area contributed by atoms with Gasteiger partial charge in [0.1, 0.15) is 11.0 Å². The highest BCUT2D eigenvalue weighted by Gasteiger charge is 2.27. The number of anilines is 2. The number of aromatic nitrogens is 3. The number of halogens is 1. The Balaban J connectivity index is 1.65. The number of rotatable bonds is 5. The molecular weight excluding hydrogens is 324 g/mol. The molecule has 0 aromatic carbocycles. The van der Waals surface area contributed by atoms with E-state index in [9.17, 15) is 0 Å². The minimum Gasteiger partial charge on any atom is -0.363 e. The summed E-state index contributed by atoms with van der Waals surface area (Å²) in [6.07, 6.45) is 4.63. The van der Waals surface area contributed by atoms with Crippen molar-refractivity contribution in [3.05, 3.63) is 41.3 Å². The molecule has 6 nitrogen and oxygen atoms in total. The third kappa shape index (κ3) is 3.76. The zero-order valence-electron chi connectivity index (χ0n) is 14.4. The van der Waals surface area contributed by atoms with E-state index in [1.165, 1.54) is 0 Å². The molecule has 1 unspecified atom stereocenters. The van der Waals surface area contributed by atoms with E-state index in [2.05, 4.69) is 31.8 Å². The van der Waals surface area contributed by atoms with E-state index in [0.717, 1.165) is 43.4 Å². The molecule has 0 bridgehead atoms. The van der Waals surface area contributed by atoms with Gasteiger partial charge in [0.15, 0.2) is 0 Å². The predicted octanol–water partition coefficient (Wildman–Crippen LogP) is 2.30. The number of likely N-dealkylation sites (N-methyl/N-ethyl adjacent to an activating group) is 1. The van der Waals surface area contributed by atoms with Gasteiger partial charge < -0.3 is 9.80 Å². The summed E-state index contributed by atoms with van der Waals surface area (Å²) in [6.45, 7) is 2.83. The molecule has 0 aliphatic carbocycles. The second-order valence-corrected chi connectivity index (χ2v) is 6.71. The minimum absolute atomic E-state index is 0.401. The molecule has 0 N–H and O–H groups in total. The standard InChI is InChI=1S/C17H23ClN6/c1-22(2)15-6-9-20-17(21-15)23(3)14-7-10-24(12-14)11-13-5-4-8-19-16(13)18/h4-6,8-9,14H,7,10-12H2,1-3H3. The SMILES string of the molecule is CN(C)c1ccnc(N(C)C2CCN(Cc3cccnc3Cl)C2)n1. The summed E-state index contributed by atoms with van der Waals surface area (Å²) in [7, 11) is 6.04. The maximum absolute atomic E-state index is 6.17. The fourth-order valence-corrected chi connectivity index (χ4v) is 3.15. The molecule has 0 amide bonds. The van der Waals surface area contributed by atoms with Crippen molar-refractivity contribution in [2.45, 2.75) is 19.0 Å². The normalized spacial score (nSPS) is 17.9. The lowest BCUT2D eigenvalue weighted by Crippen LogP contribution is -2.35. The minimum atomic E-state index is 0.401. The molecular formula is C17H23ClN6. The molecule has 1 aliphatic heterocycles. The van der Waals surface area contributed by atoms with Gasteiger partial charge in [-0.05, 0) is 18.6 Å². The van der Waals surface area contributed by atoms with Crippen LogP contribution in [0, 0.1) is 0 Å². The van der Waals surface area contributed by atoms with Gasteiger partial charge in [-0.25, -0.2) is 9.97 Å². The lowest BCUT2D eigenvalue weighted by atomic mass is 10.2. The van der Waals surface area contributed by atoms with Crippen LogP contribution in [-0.4, -0.2) is 60.1 Å². The zero-order chi connectivity index (χ0) is 17.1. The summed E-state index contributed by atoms with van der Waals surface area (Å²) in [4.78, 5) is 19.8. The summed E-state index contributed by atoms with van der Waals surface area (Å²) >= 11 is 6.17. The molecule has 2 aromatic rings. The van der Waals surface area contributed by atoms with E-state index in [-0.39, 0.29) is 0 Å². The number of hydrogen-bond donors (Lipinski definition) is 0. The highest BCUT2D eigenvalue weighted by Crippen LogP contribution is 2.23. The van der Waals surface area contributed by atoms with Crippen LogP contribution in [0.2, 0.25) is 5.15 Å². The second-order valence-electron chi connectivity index (χ2n) is 6.35. The molecule has 0 saturated carbocycles. The Morgan fingerprint density at radius 1 is 1.21 bits per heavy atom. The Hall–Kier alpha value is -1.92. The molecule has 1 aliphatic rings. The predicted molar refractivity (Wildman–Crippen MR) is 97.7 cm³/mol. The van der Waals surface area contributed by atoms with Crippen LogP contribution in [0.15, 0.2) is 30.6 Å². The summed E-state index contributed by atoms with van der Waals surface area (Å²) in [5.41, 5.74) is 1.08. The maximum atomic E-state index is 6.17. The Labute approximate surface area is 148 Å². The first-order valence-corrected chi connectivity index (χ1v) is 8.47. The van der Waals surface area contributed by atoms with Crippen molar-refractivity contribution in [1.82, 2.24) is 19.9 Å². The fourth-order valence-electron chi connectivity index (χ4n) is 2.97. The molecule has 1 saturated heterocycles. The van der Waals surface area contributed by atoms with Crippen LogP contribution >= 0.6 is 11.6 Å². The lowest BCUT2D eigenvalue weighted by molar-refractivity contribution is 0.325. The summed E-state index contributed by atoms with van der Waals surface area (Å²) < 4.78 is 0. The fraction of sp³-hybridized carbons (Fsp3) is 0.471. The average molecular weight is 347 g/mol. The lowest BCUT2D eigenvalue weighted by Gasteiger charge is -2.25. The van der Waals surface area contributed by atoms with Crippen LogP contribution in [-0.2, 0) is 6.54 Å². The molecule has 0 spiro atoms. The van der Waals surface area contributed by atoms with E-state index in [1.807, 2.05) is 43.4 Å². The summed E-state index contributed by atoms with van der Waals surface area (Å²) in [5, 5.41) is 0.594. The second kappa shape index (κ2) is 7.32. The first-order chi connectivity index (χ1) is 11.5. The first-order valence-electron chi connectivity index (χ1n) is 8.09. The van der Waals surface area contributed by atoms with Crippen molar-refractivity contribution in [1.29, 1.82) is 0 Å². The molecule has 7 heteroatoms. The molecule has 3 heterocycles. The van der Waals surface area contributed by atoms with Crippen molar-refractivity contribution < 1.29 is 0 Å². The topological polar surface area (TPSA) is 48.4 Å². The number of likely N-dealkylation sites (tertiary alicyclic amines) is 1. The van der Waals surface area contributed by atoms with Crippen molar-refractivity contribution >= 4 is 23.4 Å². The van der Waals surface area contributed by atoms with E-state index in [0.29, 0.717) is 11.2 Å². The van der Waals surface area contributed by atoms with Gasteiger partial charge in [-0.2, -0.15) is 4.98 Å². The molecule has 0 radical (unpaired) electrons. The van der Waals surface area contributed by atoms with Crippen LogP contribution in [0.3, 0.4) is 0 Å². The van der Waals surface area contributed by atoms with Gasteiger partial charge in [0, 0.05) is 64.8 Å². The highest BCUT2D eigenvalue weighted by molar-refractivity contribution is 6.30. The Morgan fingerprint density at radius 3 is 2.79 bits per heavy atom. The number of nitrogens with zero attached hydrogens (tertiary/aromatic N) is 6. The van der Waals surface area contributed by atoms with Gasteiger partial charge in [0.25, 0.3) is 0 Å². The third-order valence-corrected chi connectivity index (χ3v) is 4.77. The Morgan fingerprint density at radius 2 is 2.04 bits per heavy atom. The van der Waals surface area contributed by atoms with Crippen LogP contribution in [0.5, 0.6) is 0 Å². The maximum Gasteiger partial charge on any atom is 0.227 e. The molecule has 2 aromatic heterocycles. The Bertz CT molecular complexity index is 692. The molecule has 128 valence electrons. The monoisotopic (exact) mass is 346 g/mol. The molecule has 24 heavy (non-hydrogen) atoms. The third-order valence-electron chi connectivity index (χ3n) is 4.43. The van der Waals surface area contributed by atoms with Crippen LogP contribution < -0.4 is 9.80 Å². The largest absolute Gasteiger partial charge is 0.363 e. The van der Waals surface area contributed by atoms with Gasteiger partial charge in [-0.15, -0.1) is 0 Å². The van der Waals surface area contributed by atoms with Gasteiger partial charge >= 0.3 is 0 Å². The molecule has 1 atom stereocenters. The number of hydrogen-bond acceptors (Lipinski definition) is 6.